The van der Waals surface area contributed by atoms with Crippen LogP contribution in [-0.4, -0.2) is 17.6 Å². The number of nitrogens with zero attached hydrogens (tertiary/aromatic N) is 1. The molecule has 16 heavy (non-hydrogen) atoms. The van der Waals surface area contributed by atoms with Crippen LogP contribution in [0.3, 0.4) is 0 Å². The van der Waals surface area contributed by atoms with Gasteiger partial charge >= 0.3 is 0 Å². The molecule has 0 spiro atoms. The van der Waals surface area contributed by atoms with Gasteiger partial charge in [-0.05, 0) is 55.3 Å². The van der Waals surface area contributed by atoms with Crippen molar-refractivity contribution in [1.29, 1.82) is 0 Å². The third-order valence-corrected chi connectivity index (χ3v) is 3.68. The predicted molar refractivity (Wildman–Crippen MR) is 67.6 cm³/mol. The molecular weight excluding hydrogens is 196 g/mol. The van der Waals surface area contributed by atoms with Gasteiger partial charge < -0.3 is 5.32 Å². The highest BCUT2D eigenvalue weighted by Crippen LogP contribution is 2.42. The second kappa shape index (κ2) is 4.96. The Kier molecular flexibility index (Phi) is 3.59. The third kappa shape index (κ3) is 2.43. The van der Waals surface area contributed by atoms with E-state index in [2.05, 4.69) is 43.3 Å². The zero-order chi connectivity index (χ0) is 11.5. The first kappa shape index (κ1) is 11.6. The lowest BCUT2D eigenvalue weighted by Crippen LogP contribution is -2.37. The van der Waals surface area contributed by atoms with Crippen LogP contribution < -0.4 is 5.32 Å². The van der Waals surface area contributed by atoms with Gasteiger partial charge in [-0.3, -0.25) is 4.98 Å². The summed E-state index contributed by atoms with van der Waals surface area (Å²) in [5.41, 5.74) is 2.86. The summed E-state index contributed by atoms with van der Waals surface area (Å²) in [5, 5.41) is 3.55. The van der Waals surface area contributed by atoms with Crippen molar-refractivity contribution in [1.82, 2.24) is 10.3 Å². The standard InChI is InChI=1S/C14H22N2/c1-10(2)16-8-12-4-5-13(12)14-9-15-7-6-11(14)3/h6-7,9-10,12-13,16H,4-5,8H2,1-3H3. The first-order chi connectivity index (χ1) is 7.68. The van der Waals surface area contributed by atoms with Gasteiger partial charge in [0.05, 0.1) is 0 Å². The van der Waals surface area contributed by atoms with Crippen LogP contribution in [0.1, 0.15) is 43.7 Å². The fourth-order valence-corrected chi connectivity index (χ4v) is 2.47. The maximum absolute atomic E-state index is 4.26. The number of nitrogens with one attached hydrogen (secondary N) is 1. The maximum Gasteiger partial charge on any atom is 0.0305 e. The lowest BCUT2D eigenvalue weighted by atomic mass is 9.69. The molecule has 0 bridgehead atoms. The van der Waals surface area contributed by atoms with Gasteiger partial charge in [0.25, 0.3) is 0 Å². The average Bonchev–Trinajstić information content (AvgIpc) is 2.19. The predicted octanol–water partition coefficient (Wildman–Crippen LogP) is 2.88. The first-order valence-corrected chi connectivity index (χ1v) is 6.32. The normalized spacial score (nSPS) is 24.5. The van der Waals surface area contributed by atoms with Crippen LogP contribution in [-0.2, 0) is 0 Å². The Bertz CT molecular complexity index is 346. The molecule has 1 saturated carbocycles. The minimum Gasteiger partial charge on any atom is -0.314 e. The number of aromatic nitrogens is 1. The minimum absolute atomic E-state index is 0.594. The van der Waals surface area contributed by atoms with E-state index in [9.17, 15) is 0 Å². The second-order valence-electron chi connectivity index (χ2n) is 5.24. The summed E-state index contributed by atoms with van der Waals surface area (Å²) in [4.78, 5) is 4.26. The van der Waals surface area contributed by atoms with E-state index in [-0.39, 0.29) is 0 Å². The summed E-state index contributed by atoms with van der Waals surface area (Å²) in [6, 6.07) is 2.72. The van der Waals surface area contributed by atoms with E-state index in [0.29, 0.717) is 6.04 Å². The van der Waals surface area contributed by atoms with Crippen LogP contribution in [0.25, 0.3) is 0 Å². The van der Waals surface area contributed by atoms with E-state index in [0.717, 1.165) is 18.4 Å². The Morgan fingerprint density at radius 3 is 2.81 bits per heavy atom. The van der Waals surface area contributed by atoms with Crippen molar-refractivity contribution in [3.63, 3.8) is 0 Å². The molecule has 2 nitrogen and oxygen atoms in total. The Morgan fingerprint density at radius 1 is 1.44 bits per heavy atom. The SMILES string of the molecule is Cc1ccncc1C1CCC1CNC(C)C. The molecule has 2 heteroatoms. The number of hydrogen-bond acceptors (Lipinski definition) is 2. The zero-order valence-electron chi connectivity index (χ0n) is 10.5. The molecule has 1 aromatic heterocycles. The molecular formula is C14H22N2. The molecule has 2 atom stereocenters. The van der Waals surface area contributed by atoms with Crippen LogP contribution in [0.4, 0.5) is 0 Å². The lowest BCUT2D eigenvalue weighted by Gasteiger charge is -2.38. The molecule has 0 radical (unpaired) electrons. The summed E-state index contributed by atoms with van der Waals surface area (Å²) in [5.74, 6) is 1.55. The summed E-state index contributed by atoms with van der Waals surface area (Å²) in [6.45, 7) is 7.77. The second-order valence-corrected chi connectivity index (χ2v) is 5.24. The molecule has 1 heterocycles. The number of rotatable bonds is 4. The molecule has 1 aliphatic rings. The maximum atomic E-state index is 4.26. The average molecular weight is 218 g/mol. The molecule has 1 N–H and O–H groups in total. The fraction of sp³-hybridized carbons (Fsp3) is 0.643. The topological polar surface area (TPSA) is 24.9 Å². The summed E-state index contributed by atoms with van der Waals surface area (Å²) in [7, 11) is 0. The van der Waals surface area contributed by atoms with Gasteiger partial charge in [0, 0.05) is 18.4 Å². The van der Waals surface area contributed by atoms with Crippen molar-refractivity contribution in [2.24, 2.45) is 5.92 Å². The van der Waals surface area contributed by atoms with Crippen molar-refractivity contribution in [3.8, 4) is 0 Å². The van der Waals surface area contributed by atoms with Crippen molar-refractivity contribution in [2.75, 3.05) is 6.54 Å². The van der Waals surface area contributed by atoms with E-state index >= 15 is 0 Å². The van der Waals surface area contributed by atoms with E-state index in [1.54, 1.807) is 0 Å². The summed E-state index contributed by atoms with van der Waals surface area (Å²) in [6.07, 6.45) is 6.64. The van der Waals surface area contributed by atoms with Gasteiger partial charge in [0.2, 0.25) is 0 Å². The highest BCUT2D eigenvalue weighted by molar-refractivity contribution is 5.28. The van der Waals surface area contributed by atoms with E-state index in [1.807, 2.05) is 6.20 Å². The lowest BCUT2D eigenvalue weighted by molar-refractivity contribution is 0.239. The smallest absolute Gasteiger partial charge is 0.0305 e. The number of pyridine rings is 1. The van der Waals surface area contributed by atoms with Crippen LogP contribution >= 0.6 is 0 Å². The zero-order valence-corrected chi connectivity index (χ0v) is 10.5. The summed E-state index contributed by atoms with van der Waals surface area (Å²) >= 11 is 0. The summed E-state index contributed by atoms with van der Waals surface area (Å²) < 4.78 is 0. The van der Waals surface area contributed by atoms with Gasteiger partial charge in [0.1, 0.15) is 0 Å². The molecule has 1 aromatic rings. The van der Waals surface area contributed by atoms with Crippen LogP contribution in [0.2, 0.25) is 0 Å². The highest BCUT2D eigenvalue weighted by atomic mass is 14.9. The van der Waals surface area contributed by atoms with Crippen molar-refractivity contribution >= 4 is 0 Å². The minimum atomic E-state index is 0.594. The highest BCUT2D eigenvalue weighted by Gasteiger charge is 2.32. The number of aryl methyl sites for hydroxylation is 1. The third-order valence-electron chi connectivity index (χ3n) is 3.68. The first-order valence-electron chi connectivity index (χ1n) is 6.32. The van der Waals surface area contributed by atoms with E-state index < -0.39 is 0 Å². The fourth-order valence-electron chi connectivity index (χ4n) is 2.47. The molecule has 88 valence electrons. The van der Waals surface area contributed by atoms with E-state index in [1.165, 1.54) is 24.0 Å². The Morgan fingerprint density at radius 2 is 2.25 bits per heavy atom. The molecule has 0 aromatic carbocycles. The number of hydrogen-bond donors (Lipinski definition) is 1. The van der Waals surface area contributed by atoms with Crippen molar-refractivity contribution < 1.29 is 0 Å². The molecule has 0 aliphatic heterocycles. The van der Waals surface area contributed by atoms with Gasteiger partial charge in [0.15, 0.2) is 0 Å². The van der Waals surface area contributed by atoms with E-state index in [4.69, 9.17) is 0 Å². The molecule has 1 aliphatic carbocycles. The van der Waals surface area contributed by atoms with Gasteiger partial charge in [-0.1, -0.05) is 13.8 Å². The Labute approximate surface area is 98.5 Å². The van der Waals surface area contributed by atoms with Crippen molar-refractivity contribution in [3.05, 3.63) is 29.6 Å². The van der Waals surface area contributed by atoms with Crippen LogP contribution in [0.5, 0.6) is 0 Å². The molecule has 2 rings (SSSR count). The molecule has 0 amide bonds. The van der Waals surface area contributed by atoms with Gasteiger partial charge in [-0.25, -0.2) is 0 Å². The molecule has 0 saturated heterocycles. The van der Waals surface area contributed by atoms with Gasteiger partial charge in [-0.2, -0.15) is 0 Å². The van der Waals surface area contributed by atoms with Gasteiger partial charge in [-0.15, -0.1) is 0 Å². The largest absolute Gasteiger partial charge is 0.314 e. The Balaban J connectivity index is 1.98. The van der Waals surface area contributed by atoms with Crippen molar-refractivity contribution in [2.45, 2.75) is 45.6 Å². The molecule has 1 fully saturated rings. The van der Waals surface area contributed by atoms with Crippen LogP contribution in [0, 0.1) is 12.8 Å². The Hall–Kier alpha value is -0.890. The molecule has 2 unspecified atom stereocenters. The van der Waals surface area contributed by atoms with Crippen LogP contribution in [0.15, 0.2) is 18.5 Å². The monoisotopic (exact) mass is 218 g/mol. The quantitative estimate of drug-likeness (QED) is 0.840.